The Balaban J connectivity index is 1.41. The minimum Gasteiger partial charge on any atom is -0.465 e. The van der Waals surface area contributed by atoms with Gasteiger partial charge in [-0.05, 0) is 49.9 Å². The highest BCUT2D eigenvalue weighted by molar-refractivity contribution is 7.89. The summed E-state index contributed by atoms with van der Waals surface area (Å²) in [6.07, 6.45) is 6.62. The summed E-state index contributed by atoms with van der Waals surface area (Å²) < 4.78 is 35.2. The predicted molar refractivity (Wildman–Crippen MR) is 119 cm³/mol. The maximum Gasteiger partial charge on any atom is 0.339 e. The first-order valence-electron chi connectivity index (χ1n) is 11.0. The molecule has 1 aliphatic heterocycles. The van der Waals surface area contributed by atoms with E-state index in [4.69, 9.17) is 9.72 Å². The molecule has 0 radical (unpaired) electrons. The molecule has 1 aliphatic carbocycles. The van der Waals surface area contributed by atoms with Crippen LogP contribution in [0.3, 0.4) is 0 Å². The third kappa shape index (κ3) is 3.49. The fraction of sp³-hybridized carbons (Fsp3) is 0.435. The summed E-state index contributed by atoms with van der Waals surface area (Å²) in [4.78, 5) is 21.6. The van der Waals surface area contributed by atoms with E-state index >= 15 is 0 Å². The van der Waals surface area contributed by atoms with Crippen LogP contribution in [0, 0.1) is 0 Å². The molecule has 2 fully saturated rings. The fourth-order valence-corrected chi connectivity index (χ4v) is 6.36. The lowest BCUT2D eigenvalue weighted by Gasteiger charge is -2.34. The van der Waals surface area contributed by atoms with Crippen LogP contribution in [0.2, 0.25) is 0 Å². The molecule has 8 nitrogen and oxygen atoms in total. The third-order valence-corrected chi connectivity index (χ3v) is 8.60. The summed E-state index contributed by atoms with van der Waals surface area (Å²) in [6.45, 7) is 0.748. The molecule has 5 rings (SSSR count). The normalized spacial score (nSPS) is 18.5. The maximum absolute atomic E-state index is 13.4. The molecule has 32 heavy (non-hydrogen) atoms. The highest BCUT2D eigenvalue weighted by Crippen LogP contribution is 2.40. The summed E-state index contributed by atoms with van der Waals surface area (Å²) in [6, 6.07) is 10.3. The number of nitrogens with zero attached hydrogens (tertiary/aromatic N) is 4. The number of sulfonamides is 1. The SMILES string of the molecule is COC(=O)c1ccccc1S(=O)(=O)N1CCC(n2c(C3CCC3)nc3cccnc32)CC1. The van der Waals surface area contributed by atoms with Crippen molar-refractivity contribution in [3.05, 3.63) is 54.0 Å². The molecule has 3 heterocycles. The fourth-order valence-electron chi connectivity index (χ4n) is 4.71. The van der Waals surface area contributed by atoms with Crippen molar-refractivity contribution in [1.82, 2.24) is 18.8 Å². The van der Waals surface area contributed by atoms with E-state index in [1.807, 2.05) is 12.1 Å². The summed E-state index contributed by atoms with van der Waals surface area (Å²) in [7, 11) is -2.56. The van der Waals surface area contributed by atoms with Crippen molar-refractivity contribution in [3.63, 3.8) is 0 Å². The largest absolute Gasteiger partial charge is 0.465 e. The summed E-state index contributed by atoms with van der Waals surface area (Å²) in [5, 5.41) is 0. The molecular formula is C23H26N4O4S. The molecule has 9 heteroatoms. The Morgan fingerprint density at radius 2 is 1.81 bits per heavy atom. The monoisotopic (exact) mass is 454 g/mol. The number of imidazole rings is 1. The number of ether oxygens (including phenoxy) is 1. The van der Waals surface area contributed by atoms with Gasteiger partial charge in [0.2, 0.25) is 10.0 Å². The first kappa shape index (κ1) is 21.1. The Kier molecular flexibility index (Phi) is 5.46. The Morgan fingerprint density at radius 1 is 1.06 bits per heavy atom. The predicted octanol–water partition coefficient (Wildman–Crippen LogP) is 3.51. The number of methoxy groups -OCH3 is 1. The topological polar surface area (TPSA) is 94.4 Å². The maximum atomic E-state index is 13.4. The van der Waals surface area contributed by atoms with E-state index in [0.29, 0.717) is 31.8 Å². The van der Waals surface area contributed by atoms with E-state index in [1.165, 1.54) is 30.0 Å². The molecule has 1 saturated carbocycles. The highest BCUT2D eigenvalue weighted by atomic mass is 32.2. The molecule has 168 valence electrons. The van der Waals surface area contributed by atoms with Gasteiger partial charge in [0.1, 0.15) is 11.3 Å². The summed E-state index contributed by atoms with van der Waals surface area (Å²) >= 11 is 0. The Hall–Kier alpha value is -2.78. The van der Waals surface area contributed by atoms with E-state index in [0.717, 1.165) is 29.8 Å². The second-order valence-electron chi connectivity index (χ2n) is 8.44. The van der Waals surface area contributed by atoms with Crippen molar-refractivity contribution >= 4 is 27.2 Å². The van der Waals surface area contributed by atoms with Gasteiger partial charge in [-0.3, -0.25) is 0 Å². The first-order chi connectivity index (χ1) is 15.5. The van der Waals surface area contributed by atoms with Crippen LogP contribution in [-0.4, -0.2) is 53.4 Å². The molecule has 2 aliphatic rings. The molecule has 0 atom stereocenters. The van der Waals surface area contributed by atoms with Gasteiger partial charge >= 0.3 is 5.97 Å². The van der Waals surface area contributed by atoms with Crippen molar-refractivity contribution in [1.29, 1.82) is 0 Å². The van der Waals surface area contributed by atoms with Crippen LogP contribution in [-0.2, 0) is 14.8 Å². The zero-order valence-corrected chi connectivity index (χ0v) is 18.8. The van der Waals surface area contributed by atoms with Crippen LogP contribution in [0.5, 0.6) is 0 Å². The van der Waals surface area contributed by atoms with Crippen LogP contribution in [0.1, 0.15) is 60.2 Å². The van der Waals surface area contributed by atoms with Gasteiger partial charge in [0.25, 0.3) is 0 Å². The van der Waals surface area contributed by atoms with Crippen LogP contribution < -0.4 is 0 Å². The van der Waals surface area contributed by atoms with Crippen LogP contribution >= 0.6 is 0 Å². The lowest BCUT2D eigenvalue weighted by molar-refractivity contribution is 0.0596. The molecule has 3 aromatic rings. The number of esters is 1. The standard InChI is InChI=1S/C23H26N4O4S/c1-31-23(28)18-8-2-3-10-20(18)32(29,30)26-14-11-17(12-15-26)27-21(16-6-4-7-16)25-19-9-5-13-24-22(19)27/h2-3,5,8-10,13,16-17H,4,6-7,11-12,14-15H2,1H3. The average molecular weight is 455 g/mol. The van der Waals surface area contributed by atoms with Crippen LogP contribution in [0.15, 0.2) is 47.5 Å². The number of carbonyl (C=O) groups excluding carboxylic acids is 1. The second-order valence-corrected chi connectivity index (χ2v) is 10.3. The van der Waals surface area contributed by atoms with E-state index < -0.39 is 16.0 Å². The lowest BCUT2D eigenvalue weighted by Crippen LogP contribution is -2.40. The van der Waals surface area contributed by atoms with E-state index in [9.17, 15) is 13.2 Å². The van der Waals surface area contributed by atoms with Crippen molar-refractivity contribution in [2.24, 2.45) is 0 Å². The Bertz CT molecular complexity index is 1260. The van der Waals surface area contributed by atoms with Gasteiger partial charge in [-0.15, -0.1) is 0 Å². The number of pyridine rings is 1. The molecular weight excluding hydrogens is 428 g/mol. The molecule has 1 aromatic carbocycles. The number of fused-ring (bicyclic) bond motifs is 1. The molecule has 0 amide bonds. The summed E-state index contributed by atoms with van der Waals surface area (Å²) in [5.41, 5.74) is 1.84. The van der Waals surface area contributed by atoms with Crippen molar-refractivity contribution in [3.8, 4) is 0 Å². The highest BCUT2D eigenvalue weighted by Gasteiger charge is 2.35. The van der Waals surface area contributed by atoms with Gasteiger partial charge in [0.05, 0.1) is 17.6 Å². The zero-order valence-electron chi connectivity index (χ0n) is 18.0. The third-order valence-electron chi connectivity index (χ3n) is 6.65. The molecule has 0 N–H and O–H groups in total. The van der Waals surface area contributed by atoms with E-state index in [-0.39, 0.29) is 16.5 Å². The van der Waals surface area contributed by atoms with Crippen LogP contribution in [0.4, 0.5) is 0 Å². The number of benzene rings is 1. The smallest absolute Gasteiger partial charge is 0.339 e. The number of hydrogen-bond donors (Lipinski definition) is 0. The minimum absolute atomic E-state index is 0.00444. The average Bonchev–Trinajstić information content (AvgIpc) is 3.16. The quantitative estimate of drug-likeness (QED) is 0.548. The zero-order chi connectivity index (χ0) is 22.3. The van der Waals surface area contributed by atoms with Gasteiger partial charge in [-0.1, -0.05) is 18.6 Å². The van der Waals surface area contributed by atoms with Crippen molar-refractivity contribution < 1.29 is 17.9 Å². The second kappa shape index (κ2) is 8.29. The number of aromatic nitrogens is 3. The Morgan fingerprint density at radius 3 is 2.50 bits per heavy atom. The number of rotatable bonds is 5. The Labute approximate surface area is 187 Å². The molecule has 0 spiro atoms. The number of piperidine rings is 1. The minimum atomic E-state index is -3.81. The van der Waals surface area contributed by atoms with E-state index in [2.05, 4.69) is 9.55 Å². The van der Waals surface area contributed by atoms with Gasteiger partial charge in [0.15, 0.2) is 5.65 Å². The summed E-state index contributed by atoms with van der Waals surface area (Å²) in [5.74, 6) is 0.889. The number of hydrogen-bond acceptors (Lipinski definition) is 6. The van der Waals surface area contributed by atoms with Crippen molar-refractivity contribution in [2.75, 3.05) is 20.2 Å². The number of carbonyl (C=O) groups is 1. The van der Waals surface area contributed by atoms with Crippen molar-refractivity contribution in [2.45, 2.75) is 49.0 Å². The molecule has 1 saturated heterocycles. The van der Waals surface area contributed by atoms with Gasteiger partial charge in [-0.2, -0.15) is 4.31 Å². The first-order valence-corrected chi connectivity index (χ1v) is 12.4. The van der Waals surface area contributed by atoms with Gasteiger partial charge in [0, 0.05) is 31.2 Å². The molecule has 2 aromatic heterocycles. The molecule has 0 bridgehead atoms. The van der Waals surface area contributed by atoms with Crippen LogP contribution in [0.25, 0.3) is 11.2 Å². The van der Waals surface area contributed by atoms with Gasteiger partial charge < -0.3 is 9.30 Å². The lowest BCUT2D eigenvalue weighted by atomic mass is 9.84. The van der Waals surface area contributed by atoms with E-state index in [1.54, 1.807) is 18.3 Å². The van der Waals surface area contributed by atoms with Gasteiger partial charge in [-0.25, -0.2) is 23.2 Å². The molecule has 0 unspecified atom stereocenters.